The Bertz CT molecular complexity index is 700. The third-order valence-corrected chi connectivity index (χ3v) is 7.41. The minimum atomic E-state index is -0.504. The van der Waals surface area contributed by atoms with Crippen molar-refractivity contribution in [3.8, 4) is 0 Å². The largest absolute Gasteiger partial charge is 0.365 e. The molecule has 3 atom stereocenters. The van der Waals surface area contributed by atoms with E-state index in [4.69, 9.17) is 0 Å². The highest BCUT2D eigenvalue weighted by atomic mass is 32.2. The predicted molar refractivity (Wildman–Crippen MR) is 105 cm³/mol. The number of rotatable bonds is 3. The Labute approximate surface area is 168 Å². The van der Waals surface area contributed by atoms with E-state index in [1.54, 1.807) is 23.7 Å². The number of thioether (sulfide) groups is 1. The molecule has 3 unspecified atom stereocenters. The first kappa shape index (κ1) is 19.5. The molecule has 10 heteroatoms. The van der Waals surface area contributed by atoms with Crippen LogP contribution in [0.4, 0.5) is 0 Å². The maximum absolute atomic E-state index is 12.7. The van der Waals surface area contributed by atoms with Crippen LogP contribution in [0.5, 0.6) is 0 Å². The smallest absolute Gasteiger partial charge is 0.352 e. The summed E-state index contributed by atoms with van der Waals surface area (Å²) in [5.41, 5.74) is 0.346. The number of hydrogen-bond donors (Lipinski definition) is 1. The summed E-state index contributed by atoms with van der Waals surface area (Å²) >= 11 is 1.72. The molecule has 9 nitrogen and oxygen atoms in total. The molecule has 1 aliphatic carbocycles. The summed E-state index contributed by atoms with van der Waals surface area (Å²) in [6.07, 6.45) is 3.85. The molecule has 2 saturated heterocycles. The van der Waals surface area contributed by atoms with Gasteiger partial charge in [0.05, 0.1) is 11.0 Å². The van der Waals surface area contributed by atoms with Crippen LogP contribution < -0.4 is 5.32 Å². The van der Waals surface area contributed by atoms with Crippen LogP contribution in [0, 0.1) is 16.0 Å². The molecule has 0 aromatic rings. The summed E-state index contributed by atoms with van der Waals surface area (Å²) in [5.74, 6) is 1.25. The average Bonchev–Trinajstić information content (AvgIpc) is 3.25. The summed E-state index contributed by atoms with van der Waals surface area (Å²) in [6, 6.07) is -0.0861. The number of carbonyl (C=O) groups excluding carboxylic acids is 2. The van der Waals surface area contributed by atoms with Gasteiger partial charge in [0, 0.05) is 56.8 Å². The number of carbonyl (C=O) groups is 2. The topological polar surface area (TPSA) is 99.0 Å². The standard InChI is InChI=1S/C18H27N5O4S/c1-20-14-5-3-2-4-12(14)15(16(18(20)25)23(26)27)21-6-8-22(9-7-21)17(24)13-10-28-11-19-13/h12-14,19H,2-11H2,1H3. The zero-order valence-electron chi connectivity index (χ0n) is 16.1. The Morgan fingerprint density at radius 2 is 1.93 bits per heavy atom. The lowest BCUT2D eigenvalue weighted by Crippen LogP contribution is -2.57. The van der Waals surface area contributed by atoms with E-state index in [0.29, 0.717) is 31.9 Å². The van der Waals surface area contributed by atoms with E-state index in [-0.39, 0.29) is 29.6 Å². The van der Waals surface area contributed by atoms with Crippen molar-refractivity contribution in [2.45, 2.75) is 37.8 Å². The normalized spacial score (nSPS) is 31.2. The van der Waals surface area contributed by atoms with Crippen molar-refractivity contribution in [2.75, 3.05) is 44.9 Å². The van der Waals surface area contributed by atoms with Gasteiger partial charge >= 0.3 is 11.6 Å². The first-order chi connectivity index (χ1) is 13.5. The Balaban J connectivity index is 1.55. The quantitative estimate of drug-likeness (QED) is 0.529. The maximum atomic E-state index is 12.7. The molecule has 0 radical (unpaired) electrons. The number of nitro groups is 1. The minimum Gasteiger partial charge on any atom is -0.365 e. The highest BCUT2D eigenvalue weighted by Gasteiger charge is 2.48. The lowest BCUT2D eigenvalue weighted by Gasteiger charge is -2.46. The van der Waals surface area contributed by atoms with Gasteiger partial charge in [-0.3, -0.25) is 25.0 Å². The molecule has 4 aliphatic rings. The molecule has 0 spiro atoms. The van der Waals surface area contributed by atoms with Gasteiger partial charge in [-0.15, -0.1) is 11.8 Å². The first-order valence-corrected chi connectivity index (χ1v) is 11.1. The number of likely N-dealkylation sites (N-methyl/N-ethyl adjacent to an activating group) is 1. The number of nitrogens with zero attached hydrogens (tertiary/aromatic N) is 4. The van der Waals surface area contributed by atoms with Gasteiger partial charge in [-0.2, -0.15) is 0 Å². The third-order valence-electron chi connectivity index (χ3n) is 6.47. The second-order valence-electron chi connectivity index (χ2n) is 7.95. The van der Waals surface area contributed by atoms with Gasteiger partial charge in [0.25, 0.3) is 0 Å². The van der Waals surface area contributed by atoms with Crippen LogP contribution in [0.1, 0.15) is 25.7 Å². The molecule has 2 amide bonds. The molecular weight excluding hydrogens is 382 g/mol. The summed E-state index contributed by atoms with van der Waals surface area (Å²) in [5, 5.41) is 15.0. The molecule has 3 fully saturated rings. The van der Waals surface area contributed by atoms with E-state index in [1.165, 1.54) is 0 Å². The van der Waals surface area contributed by atoms with Crippen molar-refractivity contribution in [3.05, 3.63) is 21.5 Å². The zero-order chi connectivity index (χ0) is 19.8. The Hall–Kier alpha value is -1.81. The van der Waals surface area contributed by atoms with Crippen molar-refractivity contribution in [3.63, 3.8) is 0 Å². The van der Waals surface area contributed by atoms with E-state index in [9.17, 15) is 19.7 Å². The lowest BCUT2D eigenvalue weighted by molar-refractivity contribution is -0.424. The lowest BCUT2D eigenvalue weighted by atomic mass is 9.78. The number of hydrogen-bond acceptors (Lipinski definition) is 7. The number of nitrogens with one attached hydrogen (secondary N) is 1. The first-order valence-electron chi connectivity index (χ1n) is 9.99. The minimum absolute atomic E-state index is 0.0204. The number of piperazine rings is 1. The predicted octanol–water partition coefficient (Wildman–Crippen LogP) is 0.312. The Kier molecular flexibility index (Phi) is 5.50. The second kappa shape index (κ2) is 7.90. The Morgan fingerprint density at radius 3 is 2.57 bits per heavy atom. The summed E-state index contributed by atoms with van der Waals surface area (Å²) in [7, 11) is 1.69. The molecule has 154 valence electrons. The van der Waals surface area contributed by atoms with Crippen LogP contribution >= 0.6 is 11.8 Å². The number of fused-ring (bicyclic) bond motifs is 1. The van der Waals surface area contributed by atoms with E-state index in [2.05, 4.69) is 5.32 Å². The van der Waals surface area contributed by atoms with E-state index < -0.39 is 10.8 Å². The van der Waals surface area contributed by atoms with Gasteiger partial charge in [-0.25, -0.2) is 0 Å². The molecule has 1 N–H and O–H groups in total. The van der Waals surface area contributed by atoms with E-state index in [1.807, 2.05) is 9.80 Å². The SMILES string of the molecule is CN1C(=O)C([N+](=O)[O-])=C(N2CCN(C(=O)C3CSCN3)CC2)C2CCCCC21. The highest BCUT2D eigenvalue weighted by Crippen LogP contribution is 2.40. The summed E-state index contributed by atoms with van der Waals surface area (Å²) < 4.78 is 0. The van der Waals surface area contributed by atoms with Gasteiger partial charge in [0.15, 0.2) is 0 Å². The molecule has 0 aromatic carbocycles. The fourth-order valence-electron chi connectivity index (χ4n) is 4.99. The highest BCUT2D eigenvalue weighted by molar-refractivity contribution is 7.99. The van der Waals surface area contributed by atoms with Crippen LogP contribution in [0.15, 0.2) is 11.4 Å². The maximum Gasteiger partial charge on any atom is 0.352 e. The van der Waals surface area contributed by atoms with Crippen LogP contribution in [-0.2, 0) is 9.59 Å². The van der Waals surface area contributed by atoms with Crippen molar-refractivity contribution in [1.29, 1.82) is 0 Å². The Morgan fingerprint density at radius 1 is 1.21 bits per heavy atom. The molecular formula is C18H27N5O4S. The van der Waals surface area contributed by atoms with Crippen LogP contribution in [0.2, 0.25) is 0 Å². The van der Waals surface area contributed by atoms with E-state index in [0.717, 1.165) is 37.3 Å². The summed E-state index contributed by atoms with van der Waals surface area (Å²) in [6.45, 7) is 2.16. The van der Waals surface area contributed by atoms with Crippen LogP contribution in [-0.4, -0.2) is 88.4 Å². The fourth-order valence-corrected chi connectivity index (χ4v) is 5.93. The zero-order valence-corrected chi connectivity index (χ0v) is 16.9. The average molecular weight is 410 g/mol. The van der Waals surface area contributed by atoms with Gasteiger partial charge < -0.3 is 14.7 Å². The van der Waals surface area contributed by atoms with Gasteiger partial charge in [-0.1, -0.05) is 12.8 Å². The summed E-state index contributed by atoms with van der Waals surface area (Å²) in [4.78, 5) is 42.1. The molecule has 3 aliphatic heterocycles. The molecule has 3 heterocycles. The van der Waals surface area contributed by atoms with Crippen molar-refractivity contribution in [1.82, 2.24) is 20.0 Å². The molecule has 0 bridgehead atoms. The van der Waals surface area contributed by atoms with Crippen LogP contribution in [0.3, 0.4) is 0 Å². The molecule has 1 saturated carbocycles. The molecule has 4 rings (SSSR count). The monoisotopic (exact) mass is 409 g/mol. The van der Waals surface area contributed by atoms with Crippen LogP contribution in [0.25, 0.3) is 0 Å². The van der Waals surface area contributed by atoms with Gasteiger partial charge in [0.2, 0.25) is 5.91 Å². The molecule has 28 heavy (non-hydrogen) atoms. The number of amides is 2. The third kappa shape index (κ3) is 3.36. The second-order valence-corrected chi connectivity index (χ2v) is 8.98. The van der Waals surface area contributed by atoms with Crippen molar-refractivity contribution < 1.29 is 14.5 Å². The van der Waals surface area contributed by atoms with E-state index >= 15 is 0 Å². The molecule has 0 aromatic heterocycles. The van der Waals surface area contributed by atoms with Gasteiger partial charge in [-0.05, 0) is 12.8 Å². The fraction of sp³-hybridized carbons (Fsp3) is 0.778. The van der Waals surface area contributed by atoms with Crippen molar-refractivity contribution in [2.24, 2.45) is 5.92 Å². The van der Waals surface area contributed by atoms with Crippen molar-refractivity contribution >= 4 is 23.6 Å². The van der Waals surface area contributed by atoms with Gasteiger partial charge in [0.1, 0.15) is 5.70 Å².